The smallest absolute Gasteiger partial charge is 0.135 e. The average molecular weight is 579 g/mol. The van der Waals surface area contributed by atoms with Gasteiger partial charge in [0.15, 0.2) is 0 Å². The lowest BCUT2D eigenvalue weighted by atomic mass is 9.88. The first-order chi connectivity index (χ1) is 22.2. The van der Waals surface area contributed by atoms with Gasteiger partial charge in [-0.2, -0.15) is 0 Å². The van der Waals surface area contributed by atoms with Gasteiger partial charge in [0.1, 0.15) is 34.2 Å². The van der Waals surface area contributed by atoms with Gasteiger partial charge in [0.05, 0.1) is 0 Å². The van der Waals surface area contributed by atoms with E-state index in [1.165, 1.54) is 16.7 Å². The molecule has 1 aliphatic heterocycles. The highest BCUT2D eigenvalue weighted by atomic mass is 16.5. The summed E-state index contributed by atoms with van der Waals surface area (Å²) in [6.45, 7) is 0. The van der Waals surface area contributed by atoms with Gasteiger partial charge in [-0.15, -0.1) is 0 Å². The van der Waals surface area contributed by atoms with E-state index in [1.807, 2.05) is 24.3 Å². The number of fused-ring (bicyclic) bond motifs is 9. The van der Waals surface area contributed by atoms with Crippen LogP contribution in [-0.2, 0) is 0 Å². The van der Waals surface area contributed by atoms with Gasteiger partial charge in [-0.3, -0.25) is 0 Å². The molecule has 0 spiro atoms. The van der Waals surface area contributed by atoms with E-state index in [9.17, 15) is 0 Å². The van der Waals surface area contributed by atoms with Gasteiger partial charge in [0.25, 0.3) is 0 Å². The molecule has 212 valence electrons. The minimum Gasteiger partial charge on any atom is -0.485 e. The predicted molar refractivity (Wildman–Crippen MR) is 183 cm³/mol. The topological polar surface area (TPSA) is 35.5 Å². The van der Waals surface area contributed by atoms with Crippen molar-refractivity contribution in [1.82, 2.24) is 0 Å². The molecule has 10 rings (SSSR count). The summed E-state index contributed by atoms with van der Waals surface area (Å²) in [5, 5.41) is 4.51. The number of rotatable bonds is 3. The van der Waals surface area contributed by atoms with Crippen LogP contribution in [-0.4, -0.2) is 6.10 Å². The predicted octanol–water partition coefficient (Wildman–Crippen LogP) is 11.5. The van der Waals surface area contributed by atoms with Crippen molar-refractivity contribution in [1.29, 1.82) is 0 Å². The number of para-hydroxylation sites is 2. The van der Waals surface area contributed by atoms with Gasteiger partial charge in [0.2, 0.25) is 0 Å². The van der Waals surface area contributed by atoms with Gasteiger partial charge >= 0.3 is 0 Å². The first-order valence-corrected chi connectivity index (χ1v) is 15.4. The molecule has 0 fully saturated rings. The third-order valence-corrected chi connectivity index (χ3v) is 9.40. The standard InChI is InChI=1S/C42H26O3/c1-4-10-37-31(7-1)34-22-25(13-16-40(34)43-37)28-19-29(26-14-17-41-35(23-26)32-8-2-5-11-38(32)44-41)21-30(20-28)27-15-18-42-36(24-27)33-9-3-6-12-39(33)45-42/h1-24,31,37H. The summed E-state index contributed by atoms with van der Waals surface area (Å²) in [6, 6.07) is 43.1. The average Bonchev–Trinajstić information content (AvgIpc) is 3.78. The van der Waals surface area contributed by atoms with E-state index >= 15 is 0 Å². The first-order valence-electron chi connectivity index (χ1n) is 15.4. The molecule has 3 heterocycles. The minimum absolute atomic E-state index is 0.0650. The monoisotopic (exact) mass is 578 g/mol. The number of ether oxygens (including phenoxy) is 1. The SMILES string of the molecule is C1=CC2Oc3ccc(-c4cc(-c5ccc6oc7ccccc7c6c5)cc(-c5ccc6oc7ccccc7c6c5)c4)cc3C2C=C1. The van der Waals surface area contributed by atoms with Crippen LogP contribution >= 0.6 is 0 Å². The van der Waals surface area contributed by atoms with Gasteiger partial charge in [0, 0.05) is 33.0 Å². The van der Waals surface area contributed by atoms with Crippen LogP contribution in [0.5, 0.6) is 5.75 Å². The van der Waals surface area contributed by atoms with E-state index in [2.05, 4.69) is 121 Å². The lowest BCUT2D eigenvalue weighted by Gasteiger charge is -2.14. The number of hydrogen-bond donors (Lipinski definition) is 0. The maximum atomic E-state index is 6.27. The Morgan fingerprint density at radius 2 is 0.911 bits per heavy atom. The maximum Gasteiger partial charge on any atom is 0.135 e. The zero-order valence-corrected chi connectivity index (χ0v) is 24.2. The Morgan fingerprint density at radius 3 is 1.53 bits per heavy atom. The molecule has 2 atom stereocenters. The van der Waals surface area contributed by atoms with Crippen LogP contribution in [0.3, 0.4) is 0 Å². The molecule has 0 radical (unpaired) electrons. The molecule has 2 unspecified atom stereocenters. The van der Waals surface area contributed by atoms with Crippen LogP contribution < -0.4 is 4.74 Å². The highest BCUT2D eigenvalue weighted by Crippen LogP contribution is 2.44. The van der Waals surface area contributed by atoms with Crippen molar-refractivity contribution in [3.05, 3.63) is 151 Å². The Labute approximate surface area is 259 Å². The molecule has 6 aromatic carbocycles. The number of allylic oxidation sites excluding steroid dienone is 2. The van der Waals surface area contributed by atoms with E-state index in [-0.39, 0.29) is 12.0 Å². The molecule has 0 saturated carbocycles. The molecule has 8 aromatic rings. The van der Waals surface area contributed by atoms with Crippen LogP contribution in [0.2, 0.25) is 0 Å². The fourth-order valence-electron chi connectivity index (χ4n) is 7.16. The number of benzene rings is 6. The fraction of sp³-hybridized carbons (Fsp3) is 0.0476. The first kappa shape index (κ1) is 24.6. The molecule has 0 N–H and O–H groups in total. The Bertz CT molecular complexity index is 2410. The van der Waals surface area contributed by atoms with Crippen LogP contribution in [0.4, 0.5) is 0 Å². The summed E-state index contributed by atoms with van der Waals surface area (Å²) < 4.78 is 18.6. The molecule has 3 nitrogen and oxygen atoms in total. The molecular weight excluding hydrogens is 552 g/mol. The number of hydrogen-bond acceptors (Lipinski definition) is 3. The molecule has 1 aliphatic carbocycles. The molecule has 0 amide bonds. The lowest BCUT2D eigenvalue weighted by molar-refractivity contribution is 0.269. The Hall–Kier alpha value is -5.80. The van der Waals surface area contributed by atoms with Gasteiger partial charge in [-0.05, 0) is 106 Å². The summed E-state index contributed by atoms with van der Waals surface area (Å²) in [6.07, 6.45) is 8.65. The van der Waals surface area contributed by atoms with Crippen molar-refractivity contribution in [3.63, 3.8) is 0 Å². The van der Waals surface area contributed by atoms with E-state index in [0.29, 0.717) is 0 Å². The van der Waals surface area contributed by atoms with E-state index < -0.39 is 0 Å². The molecule has 0 saturated heterocycles. The Kier molecular flexibility index (Phi) is 5.11. The van der Waals surface area contributed by atoms with Crippen molar-refractivity contribution in [2.45, 2.75) is 12.0 Å². The normalized spacial score (nSPS) is 16.9. The minimum atomic E-state index is 0.0650. The second-order valence-electron chi connectivity index (χ2n) is 12.0. The molecule has 3 heteroatoms. The zero-order chi connectivity index (χ0) is 29.5. The van der Waals surface area contributed by atoms with Crippen molar-refractivity contribution >= 4 is 43.9 Å². The van der Waals surface area contributed by atoms with Crippen molar-refractivity contribution in [3.8, 4) is 39.1 Å². The van der Waals surface area contributed by atoms with Gasteiger partial charge in [-0.25, -0.2) is 0 Å². The Morgan fingerprint density at radius 1 is 0.400 bits per heavy atom. The van der Waals surface area contributed by atoms with Crippen molar-refractivity contribution in [2.24, 2.45) is 0 Å². The molecule has 45 heavy (non-hydrogen) atoms. The van der Waals surface area contributed by atoms with Crippen LogP contribution in [0.25, 0.3) is 77.3 Å². The molecule has 0 bridgehead atoms. The fourth-order valence-corrected chi connectivity index (χ4v) is 7.16. The molecule has 2 aromatic heterocycles. The highest BCUT2D eigenvalue weighted by molar-refractivity contribution is 6.07. The van der Waals surface area contributed by atoms with E-state index in [1.54, 1.807) is 0 Å². The summed E-state index contributed by atoms with van der Waals surface area (Å²) >= 11 is 0. The largest absolute Gasteiger partial charge is 0.485 e. The summed E-state index contributed by atoms with van der Waals surface area (Å²) in [5.41, 5.74) is 11.8. The zero-order valence-electron chi connectivity index (χ0n) is 24.2. The highest BCUT2D eigenvalue weighted by Gasteiger charge is 2.32. The van der Waals surface area contributed by atoms with Gasteiger partial charge < -0.3 is 13.6 Å². The Balaban J connectivity index is 1.17. The number of furan rings is 2. The lowest BCUT2D eigenvalue weighted by Crippen LogP contribution is -2.15. The molecule has 2 aliphatic rings. The third kappa shape index (κ3) is 3.84. The van der Waals surface area contributed by atoms with Crippen LogP contribution in [0.15, 0.2) is 154 Å². The van der Waals surface area contributed by atoms with Crippen LogP contribution in [0, 0.1) is 0 Å². The van der Waals surface area contributed by atoms with Crippen LogP contribution in [0.1, 0.15) is 11.5 Å². The van der Waals surface area contributed by atoms with Crippen molar-refractivity contribution in [2.75, 3.05) is 0 Å². The summed E-state index contributed by atoms with van der Waals surface area (Å²) in [7, 11) is 0. The summed E-state index contributed by atoms with van der Waals surface area (Å²) in [5.74, 6) is 1.21. The second kappa shape index (κ2) is 9.35. The molecular formula is C42H26O3. The van der Waals surface area contributed by atoms with E-state index in [0.717, 1.165) is 71.9 Å². The third-order valence-electron chi connectivity index (χ3n) is 9.40. The quantitative estimate of drug-likeness (QED) is 0.209. The van der Waals surface area contributed by atoms with Gasteiger partial charge in [-0.1, -0.05) is 72.8 Å². The van der Waals surface area contributed by atoms with E-state index in [4.69, 9.17) is 13.6 Å². The van der Waals surface area contributed by atoms with Crippen molar-refractivity contribution < 1.29 is 13.6 Å². The summed E-state index contributed by atoms with van der Waals surface area (Å²) in [4.78, 5) is 0. The maximum absolute atomic E-state index is 6.27. The second-order valence-corrected chi connectivity index (χ2v) is 12.0.